The second-order valence-corrected chi connectivity index (χ2v) is 1.77. The van der Waals surface area contributed by atoms with E-state index in [2.05, 4.69) is 20.7 Å². The molecule has 0 N–H and O–H groups in total. The molecule has 0 aromatic heterocycles. The Hall–Kier alpha value is -1.98. The molecule has 0 amide bonds. The lowest BCUT2D eigenvalue weighted by Crippen LogP contribution is -2.00. The van der Waals surface area contributed by atoms with Crippen LogP contribution in [-0.4, -0.2) is 12.1 Å². The van der Waals surface area contributed by atoms with E-state index in [0.717, 1.165) is 0 Å². The van der Waals surface area contributed by atoms with E-state index in [0.29, 0.717) is 0 Å². The highest BCUT2D eigenvalue weighted by atomic mass is 16.2. The molecule has 0 radical (unpaired) electrons. The zero-order valence-electron chi connectivity index (χ0n) is 5.91. The van der Waals surface area contributed by atoms with Crippen molar-refractivity contribution in [2.45, 2.75) is 0 Å². The molecule has 0 aromatic rings. The first kappa shape index (κ1) is 8.12. The third kappa shape index (κ3) is 2.01. The Morgan fingerprint density at radius 1 is 1.42 bits per heavy atom. The number of hydrogen-bond donors (Lipinski definition) is 0. The van der Waals surface area contributed by atoms with Gasteiger partial charge in [-0.1, -0.05) is 0 Å². The average molecular weight is 164 g/mol. The quantitative estimate of drug-likeness (QED) is 0.450. The first-order valence-corrected chi connectivity index (χ1v) is 3.02. The molecule has 0 bridgehead atoms. The van der Waals surface area contributed by atoms with Gasteiger partial charge in [-0.15, -0.1) is 10.2 Å². The number of allylic oxidation sites excluding steroid dienone is 3. The van der Waals surface area contributed by atoms with Crippen molar-refractivity contribution in [2.75, 3.05) is 0 Å². The first-order valence-electron chi connectivity index (χ1n) is 3.02. The molecule has 1 aliphatic rings. The van der Waals surface area contributed by atoms with Crippen LogP contribution in [0.2, 0.25) is 0 Å². The molecule has 12 heavy (non-hydrogen) atoms. The average Bonchev–Trinajstić information content (AvgIpc) is 2.02. The molecule has 0 saturated carbocycles. The topological polar surface area (TPSA) is 83.6 Å². The van der Waals surface area contributed by atoms with Crippen molar-refractivity contribution in [1.29, 1.82) is 0 Å². The Balaban J connectivity index is 2.89. The van der Waals surface area contributed by atoms with Gasteiger partial charge in [-0.3, -0.25) is 9.59 Å². The van der Waals surface area contributed by atoms with Crippen LogP contribution in [0.15, 0.2) is 44.7 Å². The molecule has 6 heteroatoms. The lowest BCUT2D eigenvalue weighted by atomic mass is 10.3. The lowest BCUT2D eigenvalue weighted by molar-refractivity contribution is -0.127. The maximum absolute atomic E-state index is 10.7. The van der Waals surface area contributed by atoms with Crippen LogP contribution in [-0.2, 0) is 9.59 Å². The van der Waals surface area contributed by atoms with Crippen LogP contribution in [0.4, 0.5) is 0 Å². The number of carbonyl (C=O) groups is 2. The first-order chi connectivity index (χ1) is 5.84. The second kappa shape index (κ2) is 4.02. The highest BCUT2D eigenvalue weighted by Crippen LogP contribution is 2.02. The molecule has 6 nitrogen and oxygen atoms in total. The van der Waals surface area contributed by atoms with Gasteiger partial charge in [0.05, 0.1) is 6.20 Å². The van der Waals surface area contributed by atoms with Crippen molar-refractivity contribution in [1.82, 2.24) is 0 Å². The molecule has 0 aliphatic carbocycles. The van der Waals surface area contributed by atoms with Crippen LogP contribution < -0.4 is 0 Å². The number of aldehydes is 1. The van der Waals surface area contributed by atoms with E-state index in [1.54, 1.807) is 0 Å². The van der Waals surface area contributed by atoms with Gasteiger partial charge in [0, 0.05) is 0 Å². The summed E-state index contributed by atoms with van der Waals surface area (Å²) in [6, 6.07) is 0. The van der Waals surface area contributed by atoms with Crippen LogP contribution >= 0.6 is 0 Å². The summed E-state index contributed by atoms with van der Waals surface area (Å²) >= 11 is 0. The molecule has 1 aliphatic heterocycles. The van der Waals surface area contributed by atoms with Crippen molar-refractivity contribution in [3.05, 3.63) is 24.0 Å². The Morgan fingerprint density at radius 2 is 2.25 bits per heavy atom. The van der Waals surface area contributed by atoms with E-state index in [1.165, 1.54) is 18.4 Å². The smallest absolute Gasteiger partial charge is 0.245 e. The Labute approximate surface area is 67.4 Å². The van der Waals surface area contributed by atoms with Gasteiger partial charge in [0.15, 0.2) is 6.29 Å². The summed E-state index contributed by atoms with van der Waals surface area (Å²) in [6.45, 7) is 0. The van der Waals surface area contributed by atoms with E-state index >= 15 is 0 Å². The van der Waals surface area contributed by atoms with Crippen molar-refractivity contribution < 1.29 is 9.59 Å². The SMILES string of the molecule is O=CC(=O)C1=CC=CN=NN=N1. The monoisotopic (exact) mass is 164 g/mol. The summed E-state index contributed by atoms with van der Waals surface area (Å²) in [5.74, 6) is -0.736. The van der Waals surface area contributed by atoms with Crippen molar-refractivity contribution in [3.8, 4) is 0 Å². The van der Waals surface area contributed by atoms with Crippen molar-refractivity contribution >= 4 is 12.1 Å². The van der Waals surface area contributed by atoms with Crippen LogP contribution in [0, 0.1) is 0 Å². The molecule has 1 heterocycles. The number of Topliss-reactive ketones (excluding diaryl/α,β-unsaturated/α-hetero) is 1. The number of rotatable bonds is 2. The zero-order valence-corrected chi connectivity index (χ0v) is 5.91. The van der Waals surface area contributed by atoms with Crippen LogP contribution in [0.1, 0.15) is 0 Å². The standard InChI is InChI=1S/C6H4N4O2/c11-4-6(12)5-2-1-3-7-9-10-8-5/h1-4H. The molecule has 1 rings (SSSR count). The van der Waals surface area contributed by atoms with E-state index in [-0.39, 0.29) is 12.0 Å². The van der Waals surface area contributed by atoms with Crippen molar-refractivity contribution in [3.63, 3.8) is 0 Å². The summed E-state index contributed by atoms with van der Waals surface area (Å²) in [5, 5.41) is 13.1. The van der Waals surface area contributed by atoms with Gasteiger partial charge in [0.25, 0.3) is 0 Å². The van der Waals surface area contributed by atoms with Crippen LogP contribution in [0.3, 0.4) is 0 Å². The molecule has 0 fully saturated rings. The van der Waals surface area contributed by atoms with E-state index in [1.807, 2.05) is 0 Å². The fourth-order valence-electron chi connectivity index (χ4n) is 0.519. The third-order valence-corrected chi connectivity index (χ3v) is 1.01. The molecule has 0 aromatic carbocycles. The van der Waals surface area contributed by atoms with E-state index in [4.69, 9.17) is 0 Å². The van der Waals surface area contributed by atoms with Crippen LogP contribution in [0.25, 0.3) is 0 Å². The van der Waals surface area contributed by atoms with Gasteiger partial charge in [-0.2, -0.15) is 0 Å². The largest absolute Gasteiger partial charge is 0.294 e. The van der Waals surface area contributed by atoms with Gasteiger partial charge in [0.1, 0.15) is 5.70 Å². The lowest BCUT2D eigenvalue weighted by Gasteiger charge is -1.89. The zero-order chi connectivity index (χ0) is 8.81. The fourth-order valence-corrected chi connectivity index (χ4v) is 0.519. The maximum atomic E-state index is 10.7. The predicted octanol–water partition coefficient (Wildman–Crippen LogP) is 0.985. The molecule has 60 valence electrons. The molecule has 0 atom stereocenters. The minimum absolute atomic E-state index is 0.0556. The minimum atomic E-state index is -0.736. The second-order valence-electron chi connectivity index (χ2n) is 1.77. The normalized spacial score (nSPS) is 14.8. The Kier molecular flexibility index (Phi) is 2.72. The molecular formula is C6H4N4O2. The number of ketones is 1. The molecular weight excluding hydrogens is 160 g/mol. The van der Waals surface area contributed by atoms with E-state index < -0.39 is 5.78 Å². The van der Waals surface area contributed by atoms with Crippen LogP contribution in [0.5, 0.6) is 0 Å². The van der Waals surface area contributed by atoms with Gasteiger partial charge in [-0.25, -0.2) is 0 Å². The Morgan fingerprint density at radius 3 is 3.00 bits per heavy atom. The maximum Gasteiger partial charge on any atom is 0.245 e. The molecule has 0 spiro atoms. The summed E-state index contributed by atoms with van der Waals surface area (Å²) in [7, 11) is 0. The van der Waals surface area contributed by atoms with Gasteiger partial charge >= 0.3 is 0 Å². The fraction of sp³-hybridized carbons (Fsp3) is 0. The predicted molar refractivity (Wildman–Crippen MR) is 38.0 cm³/mol. The number of hydrogen-bond acceptors (Lipinski definition) is 6. The van der Waals surface area contributed by atoms with Gasteiger partial charge in [0.2, 0.25) is 5.78 Å². The summed E-state index contributed by atoms with van der Waals surface area (Å²) in [6.07, 6.45) is 4.27. The summed E-state index contributed by atoms with van der Waals surface area (Å²) in [4.78, 5) is 20.8. The molecule has 0 unspecified atom stereocenters. The number of carbonyl (C=O) groups excluding carboxylic acids is 2. The Bertz CT molecular complexity index is 314. The highest BCUT2D eigenvalue weighted by molar-refractivity contribution is 6.32. The van der Waals surface area contributed by atoms with Gasteiger partial charge in [-0.05, 0) is 22.6 Å². The third-order valence-electron chi connectivity index (χ3n) is 1.01. The number of nitrogens with zero attached hydrogens (tertiary/aromatic N) is 4. The van der Waals surface area contributed by atoms with Gasteiger partial charge < -0.3 is 0 Å². The molecule has 0 saturated heterocycles. The highest BCUT2D eigenvalue weighted by Gasteiger charge is 2.05. The van der Waals surface area contributed by atoms with E-state index in [9.17, 15) is 9.59 Å². The summed E-state index contributed by atoms with van der Waals surface area (Å²) < 4.78 is 0. The van der Waals surface area contributed by atoms with Crippen molar-refractivity contribution in [2.24, 2.45) is 20.7 Å². The minimum Gasteiger partial charge on any atom is -0.294 e. The summed E-state index contributed by atoms with van der Waals surface area (Å²) in [5.41, 5.74) is -0.0556.